The van der Waals surface area contributed by atoms with E-state index >= 15 is 0 Å². The van der Waals surface area contributed by atoms with Gasteiger partial charge in [-0.3, -0.25) is 14.2 Å². The van der Waals surface area contributed by atoms with Crippen LogP contribution in [0.4, 0.5) is 0 Å². The summed E-state index contributed by atoms with van der Waals surface area (Å²) in [7, 11) is 3.37. The predicted octanol–water partition coefficient (Wildman–Crippen LogP) is 1.34. The van der Waals surface area contributed by atoms with Gasteiger partial charge in [0.05, 0.1) is 11.0 Å². The van der Waals surface area contributed by atoms with E-state index in [1.165, 1.54) is 9.47 Å². The van der Waals surface area contributed by atoms with Crippen molar-refractivity contribution < 1.29 is 4.79 Å². The molecule has 5 nitrogen and oxygen atoms in total. The highest BCUT2D eigenvalue weighted by Gasteiger charge is 2.13. The van der Waals surface area contributed by atoms with Crippen molar-refractivity contribution in [1.82, 2.24) is 13.9 Å². The Morgan fingerprint density at radius 2 is 1.70 bits per heavy atom. The van der Waals surface area contributed by atoms with E-state index in [0.29, 0.717) is 5.52 Å². The molecule has 0 aliphatic rings. The van der Waals surface area contributed by atoms with Crippen LogP contribution in [0.3, 0.4) is 0 Å². The van der Waals surface area contributed by atoms with E-state index in [9.17, 15) is 9.59 Å². The predicted molar refractivity (Wildman–Crippen MR) is 77.9 cm³/mol. The second-order valence-electron chi connectivity index (χ2n) is 4.93. The molecular weight excluding hydrogens is 254 g/mol. The van der Waals surface area contributed by atoms with Crippen molar-refractivity contribution in [1.29, 1.82) is 0 Å². The van der Waals surface area contributed by atoms with Crippen LogP contribution in [-0.4, -0.2) is 33.9 Å². The lowest BCUT2D eigenvalue weighted by Crippen LogP contribution is -2.32. The molecule has 2 heterocycles. The molecule has 0 radical (unpaired) electrons. The number of hydrogen-bond donors (Lipinski definition) is 0. The number of carbonyl (C=O) groups excluding carboxylic acids is 1. The van der Waals surface area contributed by atoms with Crippen LogP contribution in [0.15, 0.2) is 47.4 Å². The Morgan fingerprint density at radius 3 is 2.40 bits per heavy atom. The minimum absolute atomic E-state index is 0.0496. The number of para-hydroxylation sites is 2. The van der Waals surface area contributed by atoms with Gasteiger partial charge in [0.1, 0.15) is 12.1 Å². The van der Waals surface area contributed by atoms with Gasteiger partial charge in [0.25, 0.3) is 5.56 Å². The zero-order valence-electron chi connectivity index (χ0n) is 11.4. The van der Waals surface area contributed by atoms with E-state index in [1.54, 1.807) is 20.2 Å². The van der Waals surface area contributed by atoms with E-state index < -0.39 is 0 Å². The summed E-state index contributed by atoms with van der Waals surface area (Å²) in [5.41, 5.74) is 2.11. The third-order valence-corrected chi connectivity index (χ3v) is 3.44. The van der Waals surface area contributed by atoms with Gasteiger partial charge in [0, 0.05) is 20.3 Å². The summed E-state index contributed by atoms with van der Waals surface area (Å²) in [6.45, 7) is 0.0496. The molecule has 0 unspecified atom stereocenters. The minimum atomic E-state index is -0.149. The summed E-state index contributed by atoms with van der Waals surface area (Å²) in [4.78, 5) is 26.0. The number of hydrogen-bond acceptors (Lipinski definition) is 2. The third-order valence-electron chi connectivity index (χ3n) is 3.44. The zero-order valence-corrected chi connectivity index (χ0v) is 11.4. The summed E-state index contributed by atoms with van der Waals surface area (Å²) in [5, 5.41) is 0. The Labute approximate surface area is 115 Å². The van der Waals surface area contributed by atoms with Crippen molar-refractivity contribution in [3.8, 4) is 0 Å². The summed E-state index contributed by atoms with van der Waals surface area (Å²) < 4.78 is 3.39. The maximum Gasteiger partial charge on any atom is 0.275 e. The van der Waals surface area contributed by atoms with Gasteiger partial charge in [-0.25, -0.2) is 0 Å². The maximum atomic E-state index is 12.5. The molecule has 0 aliphatic carbocycles. The quantitative estimate of drug-likeness (QED) is 0.705. The minimum Gasteiger partial charge on any atom is -0.347 e. The Bertz CT molecular complexity index is 858. The third kappa shape index (κ3) is 1.79. The molecule has 2 aromatic heterocycles. The largest absolute Gasteiger partial charge is 0.347 e. The number of nitrogens with zero attached hydrogens (tertiary/aromatic N) is 3. The Hall–Kier alpha value is -2.56. The second kappa shape index (κ2) is 4.52. The molecular formula is C15H15N3O2. The lowest BCUT2D eigenvalue weighted by atomic mass is 10.2. The van der Waals surface area contributed by atoms with Crippen LogP contribution in [0.5, 0.6) is 0 Å². The highest BCUT2D eigenvalue weighted by atomic mass is 16.2. The van der Waals surface area contributed by atoms with Crippen LogP contribution in [0, 0.1) is 0 Å². The second-order valence-corrected chi connectivity index (χ2v) is 4.93. The Kier molecular flexibility index (Phi) is 2.82. The van der Waals surface area contributed by atoms with Crippen LogP contribution in [0.25, 0.3) is 16.6 Å². The molecule has 0 spiro atoms. The van der Waals surface area contributed by atoms with Gasteiger partial charge in [-0.15, -0.1) is 0 Å². The lowest BCUT2D eigenvalue weighted by Gasteiger charge is -2.15. The van der Waals surface area contributed by atoms with Crippen LogP contribution in [-0.2, 0) is 11.3 Å². The molecule has 20 heavy (non-hydrogen) atoms. The van der Waals surface area contributed by atoms with Gasteiger partial charge in [-0.2, -0.15) is 0 Å². The maximum absolute atomic E-state index is 12.5. The van der Waals surface area contributed by atoms with Crippen LogP contribution >= 0.6 is 0 Å². The lowest BCUT2D eigenvalue weighted by molar-refractivity contribution is -0.129. The number of likely N-dealkylation sites (N-methyl/N-ethyl adjacent to an activating group) is 1. The fourth-order valence-electron chi connectivity index (χ4n) is 2.34. The number of amides is 1. The molecule has 0 fully saturated rings. The highest BCUT2D eigenvalue weighted by molar-refractivity contribution is 5.82. The van der Waals surface area contributed by atoms with Crippen molar-refractivity contribution in [3.63, 3.8) is 0 Å². The van der Waals surface area contributed by atoms with Crippen LogP contribution in [0.1, 0.15) is 0 Å². The summed E-state index contributed by atoms with van der Waals surface area (Å²) in [6, 6.07) is 11.2. The van der Waals surface area contributed by atoms with Crippen molar-refractivity contribution in [3.05, 3.63) is 52.9 Å². The first-order valence-corrected chi connectivity index (χ1v) is 6.38. The van der Waals surface area contributed by atoms with Crippen molar-refractivity contribution in [2.45, 2.75) is 6.54 Å². The van der Waals surface area contributed by atoms with E-state index in [0.717, 1.165) is 11.0 Å². The number of carbonyl (C=O) groups is 1. The first-order valence-electron chi connectivity index (χ1n) is 6.38. The monoisotopic (exact) mass is 269 g/mol. The van der Waals surface area contributed by atoms with Crippen LogP contribution < -0.4 is 5.56 Å². The zero-order chi connectivity index (χ0) is 14.3. The molecule has 1 aromatic carbocycles. The number of benzene rings is 1. The summed E-state index contributed by atoms with van der Waals surface area (Å²) >= 11 is 0. The molecule has 3 rings (SSSR count). The number of rotatable bonds is 2. The van der Waals surface area contributed by atoms with Crippen molar-refractivity contribution in [2.75, 3.05) is 14.1 Å². The first kappa shape index (κ1) is 12.5. The standard InChI is InChI=1S/C15H15N3O2/c1-16(2)14(19)10-18-12-7-4-3-6-11(12)17-9-5-8-13(17)15(18)20/h3-9H,10H2,1-2H3. The van der Waals surface area contributed by atoms with Gasteiger partial charge >= 0.3 is 0 Å². The SMILES string of the molecule is CN(C)C(=O)Cn1c(=O)c2cccn2c2ccccc21. The molecule has 3 aromatic rings. The molecule has 0 saturated carbocycles. The van der Waals surface area contributed by atoms with Gasteiger partial charge in [0.2, 0.25) is 5.91 Å². The first-order chi connectivity index (χ1) is 9.59. The molecule has 0 atom stereocenters. The summed E-state index contributed by atoms with van der Waals surface area (Å²) in [5.74, 6) is -0.104. The van der Waals surface area contributed by atoms with E-state index in [1.807, 2.05) is 40.9 Å². The van der Waals surface area contributed by atoms with Gasteiger partial charge in [0.15, 0.2) is 0 Å². The van der Waals surface area contributed by atoms with E-state index in [2.05, 4.69) is 0 Å². The van der Waals surface area contributed by atoms with Crippen LogP contribution in [0.2, 0.25) is 0 Å². The number of aromatic nitrogens is 2. The molecule has 0 bridgehead atoms. The molecule has 0 saturated heterocycles. The van der Waals surface area contributed by atoms with E-state index in [-0.39, 0.29) is 18.0 Å². The highest BCUT2D eigenvalue weighted by Crippen LogP contribution is 2.14. The molecule has 0 aliphatic heterocycles. The average molecular weight is 269 g/mol. The topological polar surface area (TPSA) is 46.7 Å². The Morgan fingerprint density at radius 1 is 1.05 bits per heavy atom. The van der Waals surface area contributed by atoms with E-state index in [4.69, 9.17) is 0 Å². The average Bonchev–Trinajstić information content (AvgIpc) is 2.92. The fourth-order valence-corrected chi connectivity index (χ4v) is 2.34. The molecule has 0 N–H and O–H groups in total. The molecule has 102 valence electrons. The van der Waals surface area contributed by atoms with Crippen molar-refractivity contribution in [2.24, 2.45) is 0 Å². The van der Waals surface area contributed by atoms with Gasteiger partial charge in [-0.05, 0) is 24.3 Å². The molecule has 5 heteroatoms. The normalized spacial score (nSPS) is 11.1. The van der Waals surface area contributed by atoms with Gasteiger partial charge in [-0.1, -0.05) is 12.1 Å². The fraction of sp³-hybridized carbons (Fsp3) is 0.200. The van der Waals surface area contributed by atoms with Gasteiger partial charge < -0.3 is 9.30 Å². The Balaban J connectivity index is 2.35. The summed E-state index contributed by atoms with van der Waals surface area (Å²) in [6.07, 6.45) is 1.86. The number of fused-ring (bicyclic) bond motifs is 3. The van der Waals surface area contributed by atoms with Crippen molar-refractivity contribution >= 4 is 22.5 Å². The smallest absolute Gasteiger partial charge is 0.275 e. The molecule has 1 amide bonds.